The highest BCUT2D eigenvalue weighted by molar-refractivity contribution is 5.86. The van der Waals surface area contributed by atoms with Crippen molar-refractivity contribution in [3.63, 3.8) is 0 Å². The van der Waals surface area contributed by atoms with Gasteiger partial charge in [0.25, 0.3) is 0 Å². The number of benzene rings is 2. The molecule has 0 aliphatic rings. The van der Waals surface area contributed by atoms with Gasteiger partial charge in [-0.3, -0.25) is 4.79 Å². The van der Waals surface area contributed by atoms with Gasteiger partial charge in [0, 0.05) is 12.6 Å². The molecule has 6 N–H and O–H groups in total. The average Bonchev–Trinajstić information content (AvgIpc) is 3.06. The zero-order chi connectivity index (χ0) is 19.2. The molecule has 1 aromatic heterocycles. The molecule has 0 saturated heterocycles. The van der Waals surface area contributed by atoms with Crippen LogP contribution in [0.5, 0.6) is 0 Å². The van der Waals surface area contributed by atoms with Gasteiger partial charge in [-0.05, 0) is 54.8 Å². The molecule has 158 valence electrons. The number of fused-ring (bicyclic) bond motifs is 1. The molecular formula is C20H26Cl2FN5O. The number of aromatic amines is 1. The second-order valence-corrected chi connectivity index (χ2v) is 6.59. The molecule has 0 spiro atoms. The highest BCUT2D eigenvalue weighted by Crippen LogP contribution is 2.23. The Bertz CT molecular complexity index is 917. The summed E-state index contributed by atoms with van der Waals surface area (Å²) in [6, 6.07) is 12.0. The molecule has 3 aromatic rings. The van der Waals surface area contributed by atoms with Crippen LogP contribution in [0.3, 0.4) is 0 Å². The van der Waals surface area contributed by atoms with Crippen molar-refractivity contribution in [2.24, 2.45) is 11.5 Å². The lowest BCUT2D eigenvalue weighted by molar-refractivity contribution is -0.120. The Labute approximate surface area is 181 Å². The van der Waals surface area contributed by atoms with Gasteiger partial charge < -0.3 is 21.8 Å². The van der Waals surface area contributed by atoms with Gasteiger partial charge in [-0.2, -0.15) is 0 Å². The highest BCUT2D eigenvalue weighted by Gasteiger charge is 2.11. The molecule has 1 heterocycles. The fourth-order valence-electron chi connectivity index (χ4n) is 2.91. The Kier molecular flexibility index (Phi) is 10.0. The summed E-state index contributed by atoms with van der Waals surface area (Å²) in [7, 11) is 0. The minimum absolute atomic E-state index is 0. The minimum Gasteiger partial charge on any atom is -0.354 e. The summed E-state index contributed by atoms with van der Waals surface area (Å²) in [6.45, 7) is 1.02. The number of nitrogens with zero attached hydrogens (tertiary/aromatic N) is 1. The largest absolute Gasteiger partial charge is 0.354 e. The Morgan fingerprint density at radius 1 is 1.14 bits per heavy atom. The van der Waals surface area contributed by atoms with E-state index >= 15 is 0 Å². The van der Waals surface area contributed by atoms with Crippen LogP contribution >= 0.6 is 24.8 Å². The number of carbonyl (C=O) groups is 1. The molecule has 9 heteroatoms. The van der Waals surface area contributed by atoms with Crippen molar-refractivity contribution in [2.45, 2.75) is 25.3 Å². The standard InChI is InChI=1S/C20H24FN5O.2ClH/c21-15-6-3-13(4-7-15)14-5-8-17-18(10-14)26-19(25-17)11-20(27)24-12-16(23)2-1-9-22;;/h3-8,10,16H,1-2,9,11-12,22-23H2,(H,24,27)(H,25,26);2*1H. The van der Waals surface area contributed by atoms with E-state index in [0.717, 1.165) is 35.0 Å². The van der Waals surface area contributed by atoms with Gasteiger partial charge >= 0.3 is 0 Å². The number of amides is 1. The predicted octanol–water partition coefficient (Wildman–Crippen LogP) is 2.94. The summed E-state index contributed by atoms with van der Waals surface area (Å²) in [4.78, 5) is 19.7. The topological polar surface area (TPSA) is 110 Å². The predicted molar refractivity (Wildman–Crippen MR) is 119 cm³/mol. The number of halogens is 3. The first-order valence-electron chi connectivity index (χ1n) is 9.02. The quantitative estimate of drug-likeness (QED) is 0.430. The Morgan fingerprint density at radius 2 is 1.83 bits per heavy atom. The van der Waals surface area contributed by atoms with Crippen molar-refractivity contribution < 1.29 is 9.18 Å². The van der Waals surface area contributed by atoms with Gasteiger partial charge in [0.15, 0.2) is 0 Å². The monoisotopic (exact) mass is 441 g/mol. The SMILES string of the molecule is Cl.Cl.NCCCC(N)CNC(=O)Cc1nc2ccc(-c3ccc(F)cc3)cc2[nH]1. The van der Waals surface area contributed by atoms with Crippen LogP contribution in [0, 0.1) is 5.82 Å². The molecule has 29 heavy (non-hydrogen) atoms. The number of H-pyrrole nitrogens is 1. The van der Waals surface area contributed by atoms with E-state index in [1.54, 1.807) is 12.1 Å². The van der Waals surface area contributed by atoms with Crippen molar-refractivity contribution >= 4 is 41.8 Å². The van der Waals surface area contributed by atoms with Crippen molar-refractivity contribution in [1.29, 1.82) is 0 Å². The van der Waals surface area contributed by atoms with Crippen LogP contribution < -0.4 is 16.8 Å². The third-order valence-electron chi connectivity index (χ3n) is 4.38. The summed E-state index contributed by atoms with van der Waals surface area (Å²) >= 11 is 0. The van der Waals surface area contributed by atoms with Crippen LogP contribution in [0.15, 0.2) is 42.5 Å². The van der Waals surface area contributed by atoms with Gasteiger partial charge in [0.2, 0.25) is 5.91 Å². The second-order valence-electron chi connectivity index (χ2n) is 6.59. The summed E-state index contributed by atoms with van der Waals surface area (Å²) < 4.78 is 13.1. The molecule has 0 bridgehead atoms. The molecule has 1 amide bonds. The second kappa shape index (κ2) is 11.7. The normalized spacial score (nSPS) is 11.4. The number of imidazole rings is 1. The van der Waals surface area contributed by atoms with Crippen molar-refractivity contribution in [2.75, 3.05) is 13.1 Å². The fourth-order valence-corrected chi connectivity index (χ4v) is 2.91. The maximum atomic E-state index is 13.1. The number of carbonyl (C=O) groups excluding carboxylic acids is 1. The average molecular weight is 442 g/mol. The summed E-state index contributed by atoms with van der Waals surface area (Å²) in [5, 5.41) is 2.83. The van der Waals surface area contributed by atoms with E-state index in [-0.39, 0.29) is 49.0 Å². The molecule has 0 aliphatic heterocycles. The van der Waals surface area contributed by atoms with Crippen molar-refractivity contribution in [3.05, 3.63) is 54.1 Å². The lowest BCUT2D eigenvalue weighted by Gasteiger charge is -2.11. The zero-order valence-electron chi connectivity index (χ0n) is 15.9. The van der Waals surface area contributed by atoms with E-state index in [0.29, 0.717) is 18.9 Å². The number of nitrogens with two attached hydrogens (primary N) is 2. The maximum Gasteiger partial charge on any atom is 0.227 e. The zero-order valence-corrected chi connectivity index (χ0v) is 17.5. The molecule has 0 saturated carbocycles. The van der Waals surface area contributed by atoms with Gasteiger partial charge in [-0.15, -0.1) is 24.8 Å². The summed E-state index contributed by atoms with van der Waals surface area (Å²) in [5.41, 5.74) is 14.9. The Hall–Kier alpha value is -2.19. The van der Waals surface area contributed by atoms with E-state index in [4.69, 9.17) is 11.5 Å². The first kappa shape index (κ1) is 24.8. The van der Waals surface area contributed by atoms with E-state index in [9.17, 15) is 9.18 Å². The Balaban J connectivity index is 0.00000210. The van der Waals surface area contributed by atoms with Crippen LogP contribution in [-0.2, 0) is 11.2 Å². The van der Waals surface area contributed by atoms with E-state index in [1.165, 1.54) is 12.1 Å². The molecule has 2 aromatic carbocycles. The van der Waals surface area contributed by atoms with Crippen molar-refractivity contribution in [3.8, 4) is 11.1 Å². The lowest BCUT2D eigenvalue weighted by atomic mass is 10.1. The van der Waals surface area contributed by atoms with Crippen molar-refractivity contribution in [1.82, 2.24) is 15.3 Å². The summed E-state index contributed by atoms with van der Waals surface area (Å²) in [6.07, 6.45) is 1.79. The highest BCUT2D eigenvalue weighted by atomic mass is 35.5. The minimum atomic E-state index is -0.266. The van der Waals surface area contributed by atoms with E-state index in [1.807, 2.05) is 18.2 Å². The van der Waals surface area contributed by atoms with Gasteiger partial charge in [0.1, 0.15) is 11.6 Å². The van der Waals surface area contributed by atoms with Gasteiger partial charge in [-0.25, -0.2) is 9.37 Å². The third-order valence-corrected chi connectivity index (χ3v) is 4.38. The van der Waals surface area contributed by atoms with E-state index in [2.05, 4.69) is 15.3 Å². The van der Waals surface area contributed by atoms with Gasteiger partial charge in [-0.1, -0.05) is 18.2 Å². The molecule has 0 aliphatic carbocycles. The van der Waals surface area contributed by atoms with Crippen LogP contribution in [0.1, 0.15) is 18.7 Å². The molecule has 3 rings (SSSR count). The van der Waals surface area contributed by atoms with E-state index < -0.39 is 0 Å². The molecule has 0 fully saturated rings. The molecule has 1 unspecified atom stereocenters. The van der Waals surface area contributed by atoms with Crippen LogP contribution in [0.2, 0.25) is 0 Å². The number of hydrogen-bond donors (Lipinski definition) is 4. The maximum absolute atomic E-state index is 13.1. The first-order chi connectivity index (χ1) is 13.0. The molecule has 1 atom stereocenters. The van der Waals surface area contributed by atoms with Gasteiger partial charge in [0.05, 0.1) is 17.5 Å². The molecule has 0 radical (unpaired) electrons. The molecule has 6 nitrogen and oxygen atoms in total. The Morgan fingerprint density at radius 3 is 2.52 bits per heavy atom. The number of aromatic nitrogens is 2. The smallest absolute Gasteiger partial charge is 0.227 e. The van der Waals surface area contributed by atoms with Crippen LogP contribution in [0.25, 0.3) is 22.2 Å². The summed E-state index contributed by atoms with van der Waals surface area (Å²) in [5.74, 6) is 0.197. The third kappa shape index (κ3) is 6.97. The first-order valence-corrected chi connectivity index (χ1v) is 9.02. The van der Waals surface area contributed by atoms with Crippen LogP contribution in [-0.4, -0.2) is 35.0 Å². The lowest BCUT2D eigenvalue weighted by Crippen LogP contribution is -2.38. The number of hydrogen-bond acceptors (Lipinski definition) is 4. The number of rotatable bonds is 8. The number of nitrogens with one attached hydrogen (secondary N) is 2. The fraction of sp³-hybridized carbons (Fsp3) is 0.300. The molecular weight excluding hydrogens is 416 g/mol. The van der Waals surface area contributed by atoms with Crippen LogP contribution in [0.4, 0.5) is 4.39 Å².